The average Bonchev–Trinajstić information content (AvgIpc) is 3.37. The highest BCUT2D eigenvalue weighted by atomic mass is 35.5. The number of halogens is 2. The number of aryl methyl sites for hydroxylation is 1. The van der Waals surface area contributed by atoms with Crippen LogP contribution < -0.4 is 9.80 Å². The van der Waals surface area contributed by atoms with Gasteiger partial charge in [0.05, 0.1) is 17.9 Å². The van der Waals surface area contributed by atoms with Crippen LogP contribution in [-0.4, -0.2) is 68.0 Å². The largest absolute Gasteiger partial charge is 0.354 e. The van der Waals surface area contributed by atoms with Gasteiger partial charge >= 0.3 is 0 Å². The summed E-state index contributed by atoms with van der Waals surface area (Å²) in [5.41, 5.74) is 2.29. The van der Waals surface area contributed by atoms with Crippen LogP contribution >= 0.6 is 11.6 Å². The van der Waals surface area contributed by atoms with Gasteiger partial charge in [0.1, 0.15) is 11.5 Å². The summed E-state index contributed by atoms with van der Waals surface area (Å²) in [6.45, 7) is 7.47. The molecule has 1 saturated carbocycles. The second-order valence-corrected chi connectivity index (χ2v) is 10.9. The first kappa shape index (κ1) is 20.6. The third kappa shape index (κ3) is 3.28. The van der Waals surface area contributed by atoms with Crippen LogP contribution in [0.3, 0.4) is 0 Å². The Morgan fingerprint density at radius 2 is 1.76 bits per heavy atom. The molecule has 1 spiro atoms. The Bertz CT molecular complexity index is 1270. The topological polar surface area (TPSA) is 66.2 Å². The maximum Gasteiger partial charge on any atom is 0.231 e. The van der Waals surface area contributed by atoms with Crippen molar-refractivity contribution in [3.05, 3.63) is 52.7 Å². The van der Waals surface area contributed by atoms with Crippen LogP contribution in [0.15, 0.2) is 30.6 Å². The molecular weight excluding hydrogens is 455 g/mol. The summed E-state index contributed by atoms with van der Waals surface area (Å²) in [7, 11) is 0. The SMILES string of the molecule is Cc1nccnc1N1CC2(C1)CN(c1nnc3n1-c1ccc(Cl)cc1CN(CC1(F)CC1)C3)C2. The first-order valence-electron chi connectivity index (χ1n) is 11.8. The van der Waals surface area contributed by atoms with Gasteiger partial charge in [-0.2, -0.15) is 0 Å². The molecule has 8 nitrogen and oxygen atoms in total. The third-order valence-corrected chi connectivity index (χ3v) is 7.83. The lowest BCUT2D eigenvalue weighted by molar-refractivity contribution is 0.152. The average molecular weight is 481 g/mol. The van der Waals surface area contributed by atoms with Crippen LogP contribution in [0.1, 0.15) is 29.9 Å². The van der Waals surface area contributed by atoms with Crippen molar-refractivity contribution < 1.29 is 4.39 Å². The van der Waals surface area contributed by atoms with Crippen LogP contribution in [0, 0.1) is 12.3 Å². The van der Waals surface area contributed by atoms with E-state index in [-0.39, 0.29) is 5.41 Å². The fraction of sp³-hybridized carbons (Fsp3) is 0.500. The number of benzene rings is 1. The minimum absolute atomic E-state index is 0.253. The Morgan fingerprint density at radius 1 is 1.00 bits per heavy atom. The molecule has 2 saturated heterocycles. The van der Waals surface area contributed by atoms with Gasteiger partial charge in [-0.25, -0.2) is 9.37 Å². The van der Waals surface area contributed by atoms with Crippen molar-refractivity contribution in [2.75, 3.05) is 42.5 Å². The van der Waals surface area contributed by atoms with Crippen molar-refractivity contribution in [2.24, 2.45) is 5.41 Å². The Morgan fingerprint density at radius 3 is 2.53 bits per heavy atom. The summed E-state index contributed by atoms with van der Waals surface area (Å²) < 4.78 is 16.8. The van der Waals surface area contributed by atoms with Crippen LogP contribution in [0.5, 0.6) is 0 Å². The summed E-state index contributed by atoms with van der Waals surface area (Å²) >= 11 is 6.35. The van der Waals surface area contributed by atoms with Crippen molar-refractivity contribution in [2.45, 2.75) is 38.5 Å². The lowest BCUT2D eigenvalue weighted by atomic mass is 9.73. The zero-order valence-corrected chi connectivity index (χ0v) is 19.8. The highest BCUT2D eigenvalue weighted by Gasteiger charge is 2.54. The molecule has 0 amide bonds. The van der Waals surface area contributed by atoms with E-state index in [1.54, 1.807) is 12.4 Å². The van der Waals surface area contributed by atoms with E-state index in [9.17, 15) is 4.39 Å². The monoisotopic (exact) mass is 480 g/mol. The highest BCUT2D eigenvalue weighted by molar-refractivity contribution is 6.30. The van der Waals surface area contributed by atoms with Gasteiger partial charge in [0.2, 0.25) is 5.95 Å². The second kappa shape index (κ2) is 7.11. The van der Waals surface area contributed by atoms with Crippen molar-refractivity contribution in [1.82, 2.24) is 29.6 Å². The molecule has 10 heteroatoms. The molecule has 176 valence electrons. The fourth-order valence-electron chi connectivity index (χ4n) is 5.79. The van der Waals surface area contributed by atoms with Gasteiger partial charge in [-0.3, -0.25) is 14.5 Å². The van der Waals surface area contributed by atoms with Gasteiger partial charge in [0, 0.05) is 62.1 Å². The van der Waals surface area contributed by atoms with Gasteiger partial charge in [-0.15, -0.1) is 10.2 Å². The minimum Gasteiger partial charge on any atom is -0.354 e. The zero-order valence-electron chi connectivity index (χ0n) is 19.1. The maximum atomic E-state index is 14.6. The van der Waals surface area contributed by atoms with Crippen molar-refractivity contribution in [1.29, 1.82) is 0 Å². The number of anilines is 2. The molecule has 3 aliphatic heterocycles. The third-order valence-electron chi connectivity index (χ3n) is 7.60. The van der Waals surface area contributed by atoms with E-state index in [2.05, 4.69) is 39.4 Å². The number of aromatic nitrogens is 5. The Balaban J connectivity index is 1.14. The van der Waals surface area contributed by atoms with Crippen LogP contribution in [-0.2, 0) is 13.1 Å². The van der Waals surface area contributed by atoms with E-state index >= 15 is 0 Å². The lowest BCUT2D eigenvalue weighted by Crippen LogP contribution is -2.73. The predicted molar refractivity (Wildman–Crippen MR) is 127 cm³/mol. The van der Waals surface area contributed by atoms with Crippen molar-refractivity contribution >= 4 is 23.4 Å². The maximum absolute atomic E-state index is 14.6. The molecule has 0 atom stereocenters. The molecule has 0 N–H and O–H groups in total. The van der Waals surface area contributed by atoms with Gasteiger partial charge in [0.15, 0.2) is 5.82 Å². The number of fused-ring (bicyclic) bond motifs is 3. The highest BCUT2D eigenvalue weighted by Crippen LogP contribution is 2.45. The van der Waals surface area contributed by atoms with Crippen LogP contribution in [0.4, 0.5) is 16.2 Å². The van der Waals surface area contributed by atoms with Gasteiger partial charge in [0.25, 0.3) is 0 Å². The van der Waals surface area contributed by atoms with E-state index in [1.165, 1.54) is 0 Å². The molecule has 0 unspecified atom stereocenters. The number of alkyl halides is 1. The molecule has 1 aromatic carbocycles. The number of hydrogen-bond donors (Lipinski definition) is 0. The molecule has 0 bridgehead atoms. The molecular formula is C24H26ClFN8. The molecule has 1 aliphatic carbocycles. The van der Waals surface area contributed by atoms with Gasteiger partial charge in [-0.05, 0) is 43.5 Å². The summed E-state index contributed by atoms with van der Waals surface area (Å²) in [6, 6.07) is 5.94. The minimum atomic E-state index is -1.06. The summed E-state index contributed by atoms with van der Waals surface area (Å²) in [6.07, 6.45) is 4.78. The molecule has 3 fully saturated rings. The standard InChI is InChI=1S/C24H26ClFN8/c1-16-21(28-7-6-27-16)32-11-23(12-32)13-33(14-23)22-30-29-20-10-31(15-24(26)4-5-24)9-17-8-18(25)2-3-19(17)34(20)22/h2-3,6-8H,4-5,9-15H2,1H3. The second-order valence-electron chi connectivity index (χ2n) is 10.5. The van der Waals surface area contributed by atoms with E-state index in [1.807, 2.05) is 25.1 Å². The first-order chi connectivity index (χ1) is 16.4. The lowest BCUT2D eigenvalue weighted by Gasteiger charge is -2.60. The molecule has 5 heterocycles. The molecule has 2 aromatic heterocycles. The number of nitrogens with zero attached hydrogens (tertiary/aromatic N) is 8. The fourth-order valence-corrected chi connectivity index (χ4v) is 5.99. The van der Waals surface area contributed by atoms with E-state index in [0.29, 0.717) is 37.5 Å². The Hall–Kier alpha value is -2.78. The van der Waals surface area contributed by atoms with E-state index in [4.69, 9.17) is 11.6 Å². The van der Waals surface area contributed by atoms with Crippen molar-refractivity contribution in [3.63, 3.8) is 0 Å². The summed E-state index contributed by atoms with van der Waals surface area (Å²) in [5, 5.41) is 9.84. The zero-order chi connectivity index (χ0) is 23.1. The van der Waals surface area contributed by atoms with Crippen molar-refractivity contribution in [3.8, 4) is 5.69 Å². The molecule has 3 aromatic rings. The molecule has 34 heavy (non-hydrogen) atoms. The number of hydrogen-bond acceptors (Lipinski definition) is 7. The predicted octanol–water partition coefficient (Wildman–Crippen LogP) is 3.16. The van der Waals surface area contributed by atoms with E-state index < -0.39 is 5.67 Å². The quantitative estimate of drug-likeness (QED) is 0.568. The molecule has 7 rings (SSSR count). The first-order valence-corrected chi connectivity index (χ1v) is 12.2. The number of rotatable bonds is 4. The van der Waals surface area contributed by atoms with Gasteiger partial charge in [-0.1, -0.05) is 11.6 Å². The smallest absolute Gasteiger partial charge is 0.231 e. The normalized spacial score (nSPS) is 22.0. The summed E-state index contributed by atoms with van der Waals surface area (Å²) in [4.78, 5) is 15.6. The van der Waals surface area contributed by atoms with E-state index in [0.717, 1.165) is 60.7 Å². The van der Waals surface area contributed by atoms with Crippen LogP contribution in [0.2, 0.25) is 5.02 Å². The van der Waals surface area contributed by atoms with Crippen LogP contribution in [0.25, 0.3) is 5.69 Å². The Labute approximate surface area is 202 Å². The molecule has 0 radical (unpaired) electrons. The molecule has 4 aliphatic rings. The Kier molecular flexibility index (Phi) is 4.31. The van der Waals surface area contributed by atoms with Gasteiger partial charge < -0.3 is 9.80 Å². The summed E-state index contributed by atoms with van der Waals surface area (Å²) in [5.74, 6) is 2.70.